The molecule has 0 amide bonds. The molecule has 0 saturated heterocycles. The van der Waals surface area contributed by atoms with Gasteiger partial charge in [-0.3, -0.25) is 4.31 Å². The van der Waals surface area contributed by atoms with Crippen molar-refractivity contribution >= 4 is 21.7 Å². The molecule has 0 saturated carbocycles. The Morgan fingerprint density at radius 2 is 1.77 bits per heavy atom. The minimum absolute atomic E-state index is 0.0371. The third-order valence-electron chi connectivity index (χ3n) is 7.83. The third-order valence-corrected chi connectivity index (χ3v) is 9.53. The number of ether oxygens (including phenoxy) is 1. The van der Waals surface area contributed by atoms with E-state index in [1.54, 1.807) is 18.2 Å². The van der Waals surface area contributed by atoms with Crippen LogP contribution in [0.25, 0.3) is 0 Å². The first-order chi connectivity index (χ1) is 20.3. The maximum atomic E-state index is 13.5. The predicted octanol–water partition coefficient (Wildman–Crippen LogP) is 7.35. The molecule has 1 aliphatic rings. The number of hydrogen-bond acceptors (Lipinski definition) is 6. The molecule has 0 radical (unpaired) electrons. The maximum Gasteiger partial charge on any atom is 0.417 e. The van der Waals surface area contributed by atoms with Gasteiger partial charge in [0.1, 0.15) is 11.4 Å². The lowest BCUT2D eigenvalue weighted by atomic mass is 9.80. The summed E-state index contributed by atoms with van der Waals surface area (Å²) < 4.78 is 72.2. The molecular formula is C32H35F3N2O5S. The Labute approximate surface area is 250 Å². The maximum absolute atomic E-state index is 13.5. The molecule has 43 heavy (non-hydrogen) atoms. The minimum atomic E-state index is -4.65. The van der Waals surface area contributed by atoms with Crippen LogP contribution in [0.4, 0.5) is 18.9 Å². The standard InChI is InChI=1S/C32H35F3N2O5S/c1-4-17-31(18-16-22-10-7-6-8-11-22)20-27(38)29(30(39)42-31)26(5-2)23-12-9-13-25(19-23)37(3)43(40,41)28-15-14-24(21-36-28)32(33,34)35/h6-15,19,21,26,38H,4-5,16-18,20H2,1-3H3/t26-,31+/m1/s1. The van der Waals surface area contributed by atoms with Crippen molar-refractivity contribution in [3.8, 4) is 0 Å². The van der Waals surface area contributed by atoms with Gasteiger partial charge in [-0.2, -0.15) is 21.6 Å². The van der Waals surface area contributed by atoms with E-state index in [1.165, 1.54) is 13.1 Å². The monoisotopic (exact) mass is 616 g/mol. The van der Waals surface area contributed by atoms with Crippen LogP contribution in [0.3, 0.4) is 0 Å². The third kappa shape index (κ3) is 7.04. The number of alkyl halides is 3. The van der Waals surface area contributed by atoms with E-state index in [2.05, 4.69) is 4.98 Å². The molecule has 0 bridgehead atoms. The summed E-state index contributed by atoms with van der Waals surface area (Å²) in [6, 6.07) is 17.8. The van der Waals surface area contributed by atoms with Crippen molar-refractivity contribution in [1.29, 1.82) is 0 Å². The highest BCUT2D eigenvalue weighted by molar-refractivity contribution is 7.92. The highest BCUT2D eigenvalue weighted by Gasteiger charge is 2.43. The van der Waals surface area contributed by atoms with E-state index in [-0.39, 0.29) is 23.4 Å². The van der Waals surface area contributed by atoms with Gasteiger partial charge in [-0.05, 0) is 61.1 Å². The summed E-state index contributed by atoms with van der Waals surface area (Å²) in [5, 5.41) is 10.7. The van der Waals surface area contributed by atoms with Gasteiger partial charge in [0.05, 0.1) is 16.8 Å². The molecule has 0 aliphatic carbocycles. The van der Waals surface area contributed by atoms with Crippen LogP contribution in [0.2, 0.25) is 0 Å². The SMILES string of the molecule is CCC[C@]1(CCc2ccccc2)CC(O)=C([C@H](CC)c2cccc(N(C)S(=O)(=O)c3ccc(C(F)(F)F)cn3)c2)C(=O)O1. The van der Waals surface area contributed by atoms with Crippen LogP contribution in [-0.2, 0) is 32.2 Å². The Morgan fingerprint density at radius 1 is 1.05 bits per heavy atom. The number of nitrogens with zero attached hydrogens (tertiary/aromatic N) is 2. The molecule has 2 atom stereocenters. The lowest BCUT2D eigenvalue weighted by molar-refractivity contribution is -0.161. The molecular weight excluding hydrogens is 581 g/mol. The van der Waals surface area contributed by atoms with Crippen LogP contribution in [0, 0.1) is 0 Å². The van der Waals surface area contributed by atoms with Crippen LogP contribution < -0.4 is 4.31 Å². The Hall–Kier alpha value is -3.86. The Kier molecular flexibility index (Phi) is 9.54. The molecule has 3 aromatic rings. The van der Waals surface area contributed by atoms with Gasteiger partial charge in [0, 0.05) is 25.6 Å². The van der Waals surface area contributed by atoms with Gasteiger partial charge in [-0.1, -0.05) is 62.7 Å². The topological polar surface area (TPSA) is 96.8 Å². The van der Waals surface area contributed by atoms with Crippen LogP contribution >= 0.6 is 0 Å². The molecule has 1 aliphatic heterocycles. The zero-order chi connectivity index (χ0) is 31.4. The molecule has 0 unspecified atom stereocenters. The van der Waals surface area contributed by atoms with E-state index in [1.807, 2.05) is 44.2 Å². The summed E-state index contributed by atoms with van der Waals surface area (Å²) in [7, 11) is -3.03. The van der Waals surface area contributed by atoms with E-state index in [4.69, 9.17) is 4.74 Å². The van der Waals surface area contributed by atoms with Crippen molar-refractivity contribution in [1.82, 2.24) is 4.98 Å². The lowest BCUT2D eigenvalue weighted by Gasteiger charge is -2.39. The van der Waals surface area contributed by atoms with Gasteiger partial charge in [0.2, 0.25) is 0 Å². The second-order valence-electron chi connectivity index (χ2n) is 10.8. The summed E-state index contributed by atoms with van der Waals surface area (Å²) in [6.45, 7) is 3.85. The van der Waals surface area contributed by atoms with Gasteiger partial charge < -0.3 is 9.84 Å². The molecule has 230 valence electrons. The zero-order valence-corrected chi connectivity index (χ0v) is 25.1. The van der Waals surface area contributed by atoms with Crippen LogP contribution in [0.15, 0.2) is 89.3 Å². The van der Waals surface area contributed by atoms with E-state index in [0.29, 0.717) is 43.5 Å². The van der Waals surface area contributed by atoms with Gasteiger partial charge in [0.25, 0.3) is 10.0 Å². The van der Waals surface area contributed by atoms with Crippen LogP contribution in [-0.4, -0.2) is 37.1 Å². The highest BCUT2D eigenvalue weighted by atomic mass is 32.2. The van der Waals surface area contributed by atoms with Gasteiger partial charge >= 0.3 is 12.1 Å². The first-order valence-electron chi connectivity index (χ1n) is 14.1. The van der Waals surface area contributed by atoms with Crippen molar-refractivity contribution in [2.45, 2.75) is 75.1 Å². The summed E-state index contributed by atoms with van der Waals surface area (Å²) in [4.78, 5) is 17.0. The molecule has 1 N–H and O–H groups in total. The fourth-order valence-corrected chi connectivity index (χ4v) is 6.65. The number of aryl methyl sites for hydroxylation is 1. The number of rotatable bonds is 11. The number of sulfonamides is 1. The van der Waals surface area contributed by atoms with E-state index >= 15 is 0 Å². The summed E-state index contributed by atoms with van der Waals surface area (Å²) >= 11 is 0. The molecule has 11 heteroatoms. The number of aromatic nitrogens is 1. The summed E-state index contributed by atoms with van der Waals surface area (Å²) in [5.41, 5.74) is 0.145. The Balaban J connectivity index is 1.61. The molecule has 1 aromatic heterocycles. The smallest absolute Gasteiger partial charge is 0.417 e. The second kappa shape index (κ2) is 12.8. The summed E-state index contributed by atoms with van der Waals surface area (Å²) in [6.07, 6.45) is -0.978. The number of carbonyl (C=O) groups excluding carboxylic acids is 1. The van der Waals surface area contributed by atoms with Gasteiger partial charge in [-0.15, -0.1) is 0 Å². The summed E-state index contributed by atoms with van der Waals surface area (Å²) in [5.74, 6) is -1.22. The highest BCUT2D eigenvalue weighted by Crippen LogP contribution is 2.42. The number of carbonyl (C=O) groups is 1. The number of halogens is 3. The zero-order valence-electron chi connectivity index (χ0n) is 24.3. The molecule has 7 nitrogen and oxygen atoms in total. The van der Waals surface area contributed by atoms with Gasteiger partial charge in [0.15, 0.2) is 5.03 Å². The van der Waals surface area contributed by atoms with Crippen molar-refractivity contribution in [3.63, 3.8) is 0 Å². The van der Waals surface area contributed by atoms with Crippen molar-refractivity contribution < 1.29 is 36.2 Å². The number of anilines is 1. The number of aliphatic hydroxyl groups excluding tert-OH is 1. The molecule has 4 rings (SSSR count). The van der Waals surface area contributed by atoms with Crippen molar-refractivity contribution in [2.24, 2.45) is 0 Å². The fourth-order valence-electron chi connectivity index (χ4n) is 5.55. The largest absolute Gasteiger partial charge is 0.512 e. The lowest BCUT2D eigenvalue weighted by Crippen LogP contribution is -2.41. The van der Waals surface area contributed by atoms with E-state index in [0.717, 1.165) is 22.4 Å². The average molecular weight is 617 g/mol. The second-order valence-corrected chi connectivity index (χ2v) is 12.7. The molecule has 2 heterocycles. The number of aliphatic hydroxyl groups is 1. The first-order valence-corrected chi connectivity index (χ1v) is 15.6. The quantitative estimate of drug-likeness (QED) is 0.226. The average Bonchev–Trinajstić information content (AvgIpc) is 2.98. The normalized spacial score (nSPS) is 18.3. The van der Waals surface area contributed by atoms with E-state index in [9.17, 15) is 31.5 Å². The molecule has 2 aromatic carbocycles. The minimum Gasteiger partial charge on any atom is -0.512 e. The van der Waals surface area contributed by atoms with Gasteiger partial charge in [-0.25, -0.2) is 9.78 Å². The van der Waals surface area contributed by atoms with Crippen LogP contribution in [0.5, 0.6) is 0 Å². The number of esters is 1. The first kappa shape index (κ1) is 32.1. The predicted molar refractivity (Wildman–Crippen MR) is 157 cm³/mol. The van der Waals surface area contributed by atoms with Crippen molar-refractivity contribution in [3.05, 3.63) is 101 Å². The number of cyclic esters (lactones) is 1. The number of hydrogen-bond donors (Lipinski definition) is 1. The Bertz CT molecular complexity index is 1570. The Morgan fingerprint density at radius 3 is 2.35 bits per heavy atom. The van der Waals surface area contributed by atoms with Crippen molar-refractivity contribution in [2.75, 3.05) is 11.4 Å². The fraction of sp³-hybridized carbons (Fsp3) is 0.375. The number of benzene rings is 2. The van der Waals surface area contributed by atoms with E-state index < -0.39 is 44.3 Å². The van der Waals surface area contributed by atoms with Crippen LogP contribution in [0.1, 0.15) is 68.6 Å². The number of pyridine rings is 1. The molecule has 0 fully saturated rings. The molecule has 0 spiro atoms.